The minimum Gasteiger partial charge on any atom is -0.311 e. The highest BCUT2D eigenvalue weighted by Gasteiger charge is 2.04. The molecule has 0 amide bonds. The summed E-state index contributed by atoms with van der Waals surface area (Å²) in [5.41, 5.74) is 3.22. The monoisotopic (exact) mass is 334 g/mol. The summed E-state index contributed by atoms with van der Waals surface area (Å²) in [7, 11) is 1.93. The van der Waals surface area contributed by atoms with Crippen molar-refractivity contribution in [2.75, 3.05) is 6.54 Å². The fourth-order valence-electron chi connectivity index (χ4n) is 2.10. The Bertz CT molecular complexity index is 717. The maximum Gasteiger partial charge on any atom is 0.155 e. The molecule has 0 spiro atoms. The zero-order chi connectivity index (χ0) is 13.9. The van der Waals surface area contributed by atoms with E-state index in [0.717, 1.165) is 35.5 Å². The van der Waals surface area contributed by atoms with Crippen LogP contribution in [0.25, 0.3) is 5.65 Å². The summed E-state index contributed by atoms with van der Waals surface area (Å²) in [6.07, 6.45) is 10.5. The zero-order valence-electron chi connectivity index (χ0n) is 11.1. The first kappa shape index (κ1) is 13.3. The van der Waals surface area contributed by atoms with Crippen LogP contribution < -0.4 is 5.32 Å². The Balaban J connectivity index is 1.58. The molecule has 1 N–H and O–H groups in total. The molecular formula is C13H15BrN6. The Labute approximate surface area is 125 Å². The van der Waals surface area contributed by atoms with Crippen LogP contribution in [0.3, 0.4) is 0 Å². The van der Waals surface area contributed by atoms with E-state index in [2.05, 4.69) is 36.3 Å². The molecule has 0 unspecified atom stereocenters. The van der Waals surface area contributed by atoms with Crippen molar-refractivity contribution in [1.82, 2.24) is 29.5 Å². The largest absolute Gasteiger partial charge is 0.311 e. The third-order valence-electron chi connectivity index (χ3n) is 3.10. The zero-order valence-corrected chi connectivity index (χ0v) is 12.7. The fraction of sp³-hybridized carbons (Fsp3) is 0.308. The van der Waals surface area contributed by atoms with Gasteiger partial charge in [0.2, 0.25) is 0 Å². The summed E-state index contributed by atoms with van der Waals surface area (Å²) >= 11 is 3.38. The summed E-state index contributed by atoms with van der Waals surface area (Å²) in [5.74, 6) is 0. The van der Waals surface area contributed by atoms with Gasteiger partial charge >= 0.3 is 0 Å². The van der Waals surface area contributed by atoms with Crippen LogP contribution in [0.15, 0.2) is 35.6 Å². The maximum absolute atomic E-state index is 4.33. The minimum atomic E-state index is 0.776. The van der Waals surface area contributed by atoms with Gasteiger partial charge < -0.3 is 5.32 Å². The van der Waals surface area contributed by atoms with Gasteiger partial charge in [-0.3, -0.25) is 9.08 Å². The molecule has 6 nitrogen and oxygen atoms in total. The highest BCUT2D eigenvalue weighted by atomic mass is 79.9. The molecule has 0 aliphatic rings. The third-order valence-corrected chi connectivity index (χ3v) is 3.51. The van der Waals surface area contributed by atoms with Crippen molar-refractivity contribution in [2.24, 2.45) is 7.05 Å². The number of halogens is 1. The number of fused-ring (bicyclic) bond motifs is 1. The first-order valence-corrected chi connectivity index (χ1v) is 7.17. The van der Waals surface area contributed by atoms with Crippen molar-refractivity contribution < 1.29 is 0 Å². The van der Waals surface area contributed by atoms with Crippen molar-refractivity contribution in [3.63, 3.8) is 0 Å². The average molecular weight is 335 g/mol. The fourth-order valence-corrected chi connectivity index (χ4v) is 2.40. The predicted molar refractivity (Wildman–Crippen MR) is 79.3 cm³/mol. The molecule has 0 aliphatic carbocycles. The van der Waals surface area contributed by atoms with Crippen LogP contribution in [0.2, 0.25) is 0 Å². The maximum atomic E-state index is 4.33. The molecule has 0 fully saturated rings. The van der Waals surface area contributed by atoms with E-state index in [9.17, 15) is 0 Å². The Morgan fingerprint density at radius 3 is 2.90 bits per heavy atom. The highest BCUT2D eigenvalue weighted by molar-refractivity contribution is 9.10. The Morgan fingerprint density at radius 2 is 2.10 bits per heavy atom. The number of aryl methyl sites for hydroxylation is 1. The summed E-state index contributed by atoms with van der Waals surface area (Å²) in [4.78, 5) is 8.49. The molecule has 0 saturated carbocycles. The second kappa shape index (κ2) is 5.72. The average Bonchev–Trinajstić information content (AvgIpc) is 3.01. The lowest BCUT2D eigenvalue weighted by Crippen LogP contribution is -2.17. The summed E-state index contributed by atoms with van der Waals surface area (Å²) in [5, 5.41) is 7.58. The number of hydrogen-bond acceptors (Lipinski definition) is 4. The van der Waals surface area contributed by atoms with Gasteiger partial charge in [-0.1, -0.05) is 0 Å². The molecule has 3 aromatic heterocycles. The molecule has 0 radical (unpaired) electrons. The van der Waals surface area contributed by atoms with Crippen LogP contribution in [0.4, 0.5) is 0 Å². The number of aromatic nitrogens is 5. The third kappa shape index (κ3) is 2.88. The van der Waals surface area contributed by atoms with Gasteiger partial charge in [-0.15, -0.1) is 0 Å². The van der Waals surface area contributed by atoms with Crippen LogP contribution in [0.5, 0.6) is 0 Å². The van der Waals surface area contributed by atoms with E-state index in [1.807, 2.05) is 40.9 Å². The number of nitrogens with one attached hydrogen (secondary N) is 1. The van der Waals surface area contributed by atoms with E-state index in [4.69, 9.17) is 0 Å². The van der Waals surface area contributed by atoms with E-state index in [1.165, 1.54) is 5.56 Å². The molecule has 0 aliphatic heterocycles. The van der Waals surface area contributed by atoms with Crippen LogP contribution in [0.1, 0.15) is 11.3 Å². The molecule has 20 heavy (non-hydrogen) atoms. The molecule has 7 heteroatoms. The summed E-state index contributed by atoms with van der Waals surface area (Å²) in [6.45, 7) is 1.68. The van der Waals surface area contributed by atoms with Gasteiger partial charge in [0.25, 0.3) is 0 Å². The Kier molecular flexibility index (Phi) is 3.79. The van der Waals surface area contributed by atoms with E-state index in [1.54, 1.807) is 6.20 Å². The van der Waals surface area contributed by atoms with Gasteiger partial charge in [-0.25, -0.2) is 9.97 Å². The molecule has 0 atom stereocenters. The van der Waals surface area contributed by atoms with Gasteiger partial charge in [0.1, 0.15) is 4.60 Å². The van der Waals surface area contributed by atoms with Crippen LogP contribution in [-0.4, -0.2) is 30.7 Å². The smallest absolute Gasteiger partial charge is 0.155 e. The number of imidazole rings is 1. The van der Waals surface area contributed by atoms with Crippen molar-refractivity contribution in [1.29, 1.82) is 0 Å². The minimum absolute atomic E-state index is 0.776. The topological polar surface area (TPSA) is 60.0 Å². The van der Waals surface area contributed by atoms with Crippen LogP contribution >= 0.6 is 15.9 Å². The van der Waals surface area contributed by atoms with E-state index in [-0.39, 0.29) is 0 Å². The normalized spacial score (nSPS) is 11.3. The molecule has 3 heterocycles. The van der Waals surface area contributed by atoms with Gasteiger partial charge in [-0.2, -0.15) is 5.10 Å². The van der Waals surface area contributed by atoms with Gasteiger partial charge in [0, 0.05) is 26.0 Å². The highest BCUT2D eigenvalue weighted by Crippen LogP contribution is 2.10. The van der Waals surface area contributed by atoms with Crippen molar-refractivity contribution >= 4 is 21.6 Å². The van der Waals surface area contributed by atoms with E-state index >= 15 is 0 Å². The second-order valence-electron chi connectivity index (χ2n) is 4.64. The number of hydrogen-bond donors (Lipinski definition) is 1. The van der Waals surface area contributed by atoms with Crippen molar-refractivity contribution in [2.45, 2.75) is 13.0 Å². The molecule has 0 bridgehead atoms. The summed E-state index contributed by atoms with van der Waals surface area (Å²) in [6, 6.07) is 0. The molecule has 104 valence electrons. The van der Waals surface area contributed by atoms with Crippen LogP contribution in [-0.2, 0) is 20.0 Å². The lowest BCUT2D eigenvalue weighted by atomic mass is 10.2. The quantitative estimate of drug-likeness (QED) is 0.719. The number of nitrogens with zero attached hydrogens (tertiary/aromatic N) is 5. The van der Waals surface area contributed by atoms with Gasteiger partial charge in [0.05, 0.1) is 24.3 Å². The second-order valence-corrected chi connectivity index (χ2v) is 5.45. The van der Waals surface area contributed by atoms with Crippen molar-refractivity contribution in [3.05, 3.63) is 46.8 Å². The molecule has 0 saturated heterocycles. The number of rotatable bonds is 5. The molecule has 0 aromatic carbocycles. The van der Waals surface area contributed by atoms with E-state index < -0.39 is 0 Å². The van der Waals surface area contributed by atoms with E-state index in [0.29, 0.717) is 0 Å². The van der Waals surface area contributed by atoms with Gasteiger partial charge in [-0.05, 0) is 34.5 Å². The molecule has 3 aromatic rings. The first-order valence-electron chi connectivity index (χ1n) is 6.38. The standard InChI is InChI=1S/C13H15BrN6/c1-19-8-10(4-18-19)2-3-15-5-11-6-17-13-7-16-12(14)9-20(11)13/h4,6-9,15H,2-3,5H2,1H3. The molecule has 3 rings (SSSR count). The lowest BCUT2D eigenvalue weighted by molar-refractivity contribution is 0.670. The molecular weight excluding hydrogens is 320 g/mol. The predicted octanol–water partition coefficient (Wildman–Crippen LogP) is 1.56. The summed E-state index contributed by atoms with van der Waals surface area (Å²) < 4.78 is 4.66. The lowest BCUT2D eigenvalue weighted by Gasteiger charge is -2.04. The first-order chi connectivity index (χ1) is 9.72. The SMILES string of the molecule is Cn1cc(CCNCc2cnc3cnc(Br)cn23)cn1. The Hall–Kier alpha value is -1.73. The van der Waals surface area contributed by atoms with Crippen molar-refractivity contribution in [3.8, 4) is 0 Å². The van der Waals surface area contributed by atoms with Crippen LogP contribution in [0, 0.1) is 0 Å². The Morgan fingerprint density at radius 1 is 1.20 bits per heavy atom. The van der Waals surface area contributed by atoms with Gasteiger partial charge in [0.15, 0.2) is 5.65 Å².